The molecule has 15 heavy (non-hydrogen) atoms. The molecule has 2 N–H and O–H groups in total. The van der Waals surface area contributed by atoms with E-state index in [1.165, 1.54) is 12.5 Å². The normalized spacial score (nSPS) is 8.40. The molecule has 0 fully saturated rings. The first-order valence-electron chi connectivity index (χ1n) is 5.00. The number of ether oxygens (including phenoxy) is 2. The zero-order chi connectivity index (χ0) is 11.8. The van der Waals surface area contributed by atoms with Crippen molar-refractivity contribution in [2.75, 3.05) is 26.4 Å². The number of aliphatic hydroxyl groups excluding tert-OH is 2. The van der Waals surface area contributed by atoms with E-state index in [-0.39, 0.29) is 13.2 Å². The molecule has 0 rings (SSSR count). The molecule has 0 aliphatic carbocycles. The molecular weight excluding hydrogens is 196 g/mol. The molecule has 4 heteroatoms. The first kappa shape index (κ1) is 16.4. The number of unbranched alkanes of at least 4 members (excludes halogenated alkanes) is 1. The van der Waals surface area contributed by atoms with E-state index < -0.39 is 0 Å². The van der Waals surface area contributed by atoms with Gasteiger partial charge in [0.05, 0.1) is 25.7 Å². The molecule has 0 atom stereocenters. The van der Waals surface area contributed by atoms with Gasteiger partial charge < -0.3 is 19.7 Å². The fourth-order valence-corrected chi connectivity index (χ4v) is 0.612. The third-order valence-corrected chi connectivity index (χ3v) is 1.33. The molecule has 0 heterocycles. The number of hydrogen-bond donors (Lipinski definition) is 2. The van der Waals surface area contributed by atoms with Crippen LogP contribution in [0.3, 0.4) is 0 Å². The van der Waals surface area contributed by atoms with Gasteiger partial charge in [0.2, 0.25) is 0 Å². The summed E-state index contributed by atoms with van der Waals surface area (Å²) in [5.41, 5.74) is 0. The molecule has 0 aliphatic heterocycles. The second-order valence-electron chi connectivity index (χ2n) is 2.58. The van der Waals surface area contributed by atoms with Gasteiger partial charge in [-0.2, -0.15) is 0 Å². The van der Waals surface area contributed by atoms with Crippen LogP contribution in [0.2, 0.25) is 0 Å². The Kier molecular flexibility index (Phi) is 20.5. The molecule has 0 aromatic rings. The van der Waals surface area contributed by atoms with Crippen LogP contribution >= 0.6 is 0 Å². The van der Waals surface area contributed by atoms with Crippen LogP contribution in [0.4, 0.5) is 0 Å². The van der Waals surface area contributed by atoms with Gasteiger partial charge in [-0.1, -0.05) is 13.2 Å². The highest BCUT2D eigenvalue weighted by molar-refractivity contribution is 4.48. The second-order valence-corrected chi connectivity index (χ2v) is 2.58. The molecule has 0 unspecified atom stereocenters. The Morgan fingerprint density at radius 2 is 1.27 bits per heavy atom. The fraction of sp³-hybridized carbons (Fsp3) is 0.636. The summed E-state index contributed by atoms with van der Waals surface area (Å²) in [4.78, 5) is 0. The Morgan fingerprint density at radius 3 is 1.67 bits per heavy atom. The largest absolute Gasteiger partial charge is 0.502 e. The van der Waals surface area contributed by atoms with Crippen molar-refractivity contribution in [3.63, 3.8) is 0 Å². The van der Waals surface area contributed by atoms with Gasteiger partial charge in [0, 0.05) is 19.6 Å². The van der Waals surface area contributed by atoms with Gasteiger partial charge >= 0.3 is 0 Å². The molecule has 0 amide bonds. The average molecular weight is 218 g/mol. The van der Waals surface area contributed by atoms with Crippen LogP contribution in [0.15, 0.2) is 25.7 Å². The van der Waals surface area contributed by atoms with Gasteiger partial charge in [-0.3, -0.25) is 0 Å². The van der Waals surface area contributed by atoms with Gasteiger partial charge in [-0.25, -0.2) is 0 Å². The van der Waals surface area contributed by atoms with Gasteiger partial charge in [-0.15, -0.1) is 0 Å². The first-order chi connectivity index (χ1) is 7.33. The minimum atomic E-state index is 0.188. The molecule has 0 aliphatic rings. The molecule has 0 radical (unpaired) electrons. The molecule has 0 saturated heterocycles. The van der Waals surface area contributed by atoms with Crippen LogP contribution in [0.25, 0.3) is 0 Å². The SMILES string of the molecule is C=COCCCCO.C=COCCCO. The summed E-state index contributed by atoms with van der Waals surface area (Å²) in [5, 5.41) is 16.5. The third kappa shape index (κ3) is 24.6. The van der Waals surface area contributed by atoms with Crippen LogP contribution in [-0.4, -0.2) is 36.6 Å². The summed E-state index contributed by atoms with van der Waals surface area (Å²) < 4.78 is 9.47. The maximum absolute atomic E-state index is 8.28. The summed E-state index contributed by atoms with van der Waals surface area (Å²) in [6.45, 7) is 8.38. The fourth-order valence-electron chi connectivity index (χ4n) is 0.612. The highest BCUT2D eigenvalue weighted by Gasteiger charge is 1.82. The second kappa shape index (κ2) is 18.7. The highest BCUT2D eigenvalue weighted by Crippen LogP contribution is 1.87. The molecular formula is C11H22O4. The third-order valence-electron chi connectivity index (χ3n) is 1.33. The lowest BCUT2D eigenvalue weighted by molar-refractivity contribution is 0.200. The van der Waals surface area contributed by atoms with Crippen molar-refractivity contribution >= 4 is 0 Å². The molecule has 0 aromatic carbocycles. The quantitative estimate of drug-likeness (QED) is 0.454. The standard InChI is InChI=1S/C6H12O2.C5H10O2/c1-2-8-6-4-3-5-7;1-2-7-5-3-4-6/h2,7H,1,3-6H2;2,6H,1,3-5H2. The van der Waals surface area contributed by atoms with Crippen molar-refractivity contribution in [1.29, 1.82) is 0 Å². The summed E-state index contributed by atoms with van der Waals surface area (Å²) in [6, 6.07) is 0. The smallest absolute Gasteiger partial charge is 0.0894 e. The Labute approximate surface area is 91.8 Å². The summed E-state index contributed by atoms with van der Waals surface area (Å²) in [6.07, 6.45) is 5.19. The molecule has 90 valence electrons. The van der Waals surface area contributed by atoms with Crippen molar-refractivity contribution in [1.82, 2.24) is 0 Å². The molecule has 0 saturated carbocycles. The average Bonchev–Trinajstić information content (AvgIpc) is 2.26. The van der Waals surface area contributed by atoms with E-state index >= 15 is 0 Å². The van der Waals surface area contributed by atoms with Crippen LogP contribution < -0.4 is 0 Å². The van der Waals surface area contributed by atoms with Crippen LogP contribution in [0, 0.1) is 0 Å². The van der Waals surface area contributed by atoms with Gasteiger partial charge in [0.15, 0.2) is 0 Å². The van der Waals surface area contributed by atoms with E-state index in [2.05, 4.69) is 17.9 Å². The van der Waals surface area contributed by atoms with Crippen molar-refractivity contribution in [2.24, 2.45) is 0 Å². The molecule has 4 nitrogen and oxygen atoms in total. The first-order valence-corrected chi connectivity index (χ1v) is 5.00. The molecule has 0 spiro atoms. The Balaban J connectivity index is 0. The van der Waals surface area contributed by atoms with Crippen LogP contribution in [0.5, 0.6) is 0 Å². The number of hydrogen-bond acceptors (Lipinski definition) is 4. The highest BCUT2D eigenvalue weighted by atomic mass is 16.5. The molecule has 0 bridgehead atoms. The lowest BCUT2D eigenvalue weighted by Crippen LogP contribution is -1.89. The van der Waals surface area contributed by atoms with Crippen molar-refractivity contribution in [3.8, 4) is 0 Å². The van der Waals surface area contributed by atoms with E-state index in [9.17, 15) is 0 Å². The minimum Gasteiger partial charge on any atom is -0.502 e. The number of aliphatic hydroxyl groups is 2. The minimum absolute atomic E-state index is 0.188. The lowest BCUT2D eigenvalue weighted by Gasteiger charge is -1.95. The summed E-state index contributed by atoms with van der Waals surface area (Å²) in [7, 11) is 0. The van der Waals surface area contributed by atoms with E-state index in [0.717, 1.165) is 12.8 Å². The maximum Gasteiger partial charge on any atom is 0.0894 e. The zero-order valence-electron chi connectivity index (χ0n) is 9.23. The summed E-state index contributed by atoms with van der Waals surface area (Å²) >= 11 is 0. The van der Waals surface area contributed by atoms with E-state index in [0.29, 0.717) is 19.6 Å². The van der Waals surface area contributed by atoms with Gasteiger partial charge in [-0.05, 0) is 12.8 Å². The van der Waals surface area contributed by atoms with Gasteiger partial charge in [0.25, 0.3) is 0 Å². The number of rotatable bonds is 9. The van der Waals surface area contributed by atoms with Crippen LogP contribution in [-0.2, 0) is 9.47 Å². The van der Waals surface area contributed by atoms with E-state index in [1.807, 2.05) is 0 Å². The lowest BCUT2D eigenvalue weighted by atomic mass is 10.3. The van der Waals surface area contributed by atoms with Gasteiger partial charge in [0.1, 0.15) is 0 Å². The maximum atomic E-state index is 8.28. The zero-order valence-corrected chi connectivity index (χ0v) is 9.23. The van der Waals surface area contributed by atoms with E-state index in [1.54, 1.807) is 0 Å². The molecule has 0 aromatic heterocycles. The monoisotopic (exact) mass is 218 g/mol. The van der Waals surface area contributed by atoms with Crippen molar-refractivity contribution < 1.29 is 19.7 Å². The summed E-state index contributed by atoms with van der Waals surface area (Å²) in [5.74, 6) is 0. The van der Waals surface area contributed by atoms with Crippen molar-refractivity contribution in [3.05, 3.63) is 25.7 Å². The predicted molar refractivity (Wildman–Crippen MR) is 60.3 cm³/mol. The Bertz CT molecular complexity index is 126. The van der Waals surface area contributed by atoms with E-state index in [4.69, 9.17) is 14.9 Å². The Morgan fingerprint density at radius 1 is 0.800 bits per heavy atom. The Hall–Kier alpha value is -1.00. The predicted octanol–water partition coefficient (Wildman–Crippen LogP) is 1.45. The topological polar surface area (TPSA) is 58.9 Å². The van der Waals surface area contributed by atoms with Crippen molar-refractivity contribution in [2.45, 2.75) is 19.3 Å². The van der Waals surface area contributed by atoms with Crippen LogP contribution in [0.1, 0.15) is 19.3 Å².